The van der Waals surface area contributed by atoms with Gasteiger partial charge in [-0.2, -0.15) is 0 Å². The number of amides is 1. The van der Waals surface area contributed by atoms with Gasteiger partial charge in [0.2, 0.25) is 5.91 Å². The predicted molar refractivity (Wildman–Crippen MR) is 83.1 cm³/mol. The van der Waals surface area contributed by atoms with Gasteiger partial charge in [-0.05, 0) is 39.0 Å². The summed E-state index contributed by atoms with van der Waals surface area (Å²) in [5, 5.41) is 5.76. The number of hydrogen-bond donors (Lipinski definition) is 3. The van der Waals surface area contributed by atoms with Gasteiger partial charge in [0.25, 0.3) is 0 Å². The van der Waals surface area contributed by atoms with Crippen molar-refractivity contribution in [1.82, 2.24) is 5.32 Å². The lowest BCUT2D eigenvalue weighted by Crippen LogP contribution is -2.39. The summed E-state index contributed by atoms with van der Waals surface area (Å²) in [6.07, 6.45) is 0. The molecule has 4 N–H and O–H groups in total. The maximum absolute atomic E-state index is 11.8. The van der Waals surface area contributed by atoms with Gasteiger partial charge in [0.1, 0.15) is 0 Å². The molecule has 0 heterocycles. The lowest BCUT2D eigenvalue weighted by Gasteiger charge is -2.23. The number of nitrogens with two attached hydrogens (primary N) is 1. The summed E-state index contributed by atoms with van der Waals surface area (Å²) in [5.41, 5.74) is 6.61. The molecule has 6 nitrogen and oxygen atoms in total. The minimum absolute atomic E-state index is 0.0592. The van der Waals surface area contributed by atoms with E-state index in [0.29, 0.717) is 30.1 Å². The highest BCUT2D eigenvalue weighted by Crippen LogP contribution is 2.21. The summed E-state index contributed by atoms with van der Waals surface area (Å²) in [4.78, 5) is 23.5. The fraction of sp³-hybridized carbons (Fsp3) is 0.467. The zero-order valence-electron chi connectivity index (χ0n) is 12.9. The number of benzene rings is 1. The molecule has 0 aliphatic carbocycles. The largest absolute Gasteiger partial charge is 0.462 e. The maximum atomic E-state index is 11.8. The molecular formula is C15H23N3O3. The number of rotatable bonds is 6. The number of nitrogens with one attached hydrogen (secondary N) is 2. The Morgan fingerprint density at radius 2 is 2.00 bits per heavy atom. The molecule has 0 unspecified atom stereocenters. The standard InChI is InChI=1S/C15H23N3O3/c1-5-21-13(19)11-8-10(6-7-12(11)16)18-9-15(2,3)14(20)17-4/h6-8,18H,5,9,16H2,1-4H3,(H,17,20). The summed E-state index contributed by atoms with van der Waals surface area (Å²) in [7, 11) is 1.60. The number of anilines is 2. The molecule has 1 aromatic carbocycles. The van der Waals surface area contributed by atoms with Crippen molar-refractivity contribution in [2.24, 2.45) is 5.41 Å². The average molecular weight is 293 g/mol. The Kier molecular flexibility index (Phi) is 5.58. The molecule has 0 aliphatic rings. The molecule has 0 aromatic heterocycles. The molecule has 0 saturated carbocycles. The highest BCUT2D eigenvalue weighted by molar-refractivity contribution is 5.96. The molecule has 0 radical (unpaired) electrons. The SMILES string of the molecule is CCOC(=O)c1cc(NCC(C)(C)C(=O)NC)ccc1N. The Morgan fingerprint density at radius 1 is 1.33 bits per heavy atom. The van der Waals surface area contributed by atoms with Crippen LogP contribution in [0.3, 0.4) is 0 Å². The number of carbonyl (C=O) groups is 2. The number of carbonyl (C=O) groups excluding carboxylic acids is 2. The fourth-order valence-corrected chi connectivity index (χ4v) is 1.79. The van der Waals surface area contributed by atoms with Crippen molar-refractivity contribution in [2.45, 2.75) is 20.8 Å². The van der Waals surface area contributed by atoms with Crippen molar-refractivity contribution in [3.63, 3.8) is 0 Å². The molecule has 0 atom stereocenters. The van der Waals surface area contributed by atoms with Crippen LogP contribution >= 0.6 is 0 Å². The van der Waals surface area contributed by atoms with Gasteiger partial charge in [0.15, 0.2) is 0 Å². The fourth-order valence-electron chi connectivity index (χ4n) is 1.79. The molecule has 21 heavy (non-hydrogen) atoms. The molecule has 0 saturated heterocycles. The molecule has 116 valence electrons. The maximum Gasteiger partial charge on any atom is 0.340 e. The van der Waals surface area contributed by atoms with Gasteiger partial charge in [-0.15, -0.1) is 0 Å². The first-order valence-corrected chi connectivity index (χ1v) is 6.84. The first kappa shape index (κ1) is 16.8. The summed E-state index contributed by atoms with van der Waals surface area (Å²) < 4.78 is 4.95. The first-order chi connectivity index (χ1) is 9.81. The average Bonchev–Trinajstić information content (AvgIpc) is 2.45. The monoisotopic (exact) mass is 293 g/mol. The summed E-state index contributed by atoms with van der Waals surface area (Å²) in [6.45, 7) is 6.13. The van der Waals surface area contributed by atoms with Crippen molar-refractivity contribution in [2.75, 3.05) is 31.2 Å². The van der Waals surface area contributed by atoms with Gasteiger partial charge in [-0.3, -0.25) is 4.79 Å². The van der Waals surface area contributed by atoms with Crippen LogP contribution in [-0.2, 0) is 9.53 Å². The van der Waals surface area contributed by atoms with Crippen molar-refractivity contribution in [3.8, 4) is 0 Å². The highest BCUT2D eigenvalue weighted by Gasteiger charge is 2.26. The van der Waals surface area contributed by atoms with E-state index in [9.17, 15) is 9.59 Å². The Morgan fingerprint density at radius 3 is 2.57 bits per heavy atom. The molecule has 1 aromatic rings. The highest BCUT2D eigenvalue weighted by atomic mass is 16.5. The van der Waals surface area contributed by atoms with E-state index >= 15 is 0 Å². The van der Waals surface area contributed by atoms with Gasteiger partial charge in [-0.25, -0.2) is 4.79 Å². The second-order valence-corrected chi connectivity index (χ2v) is 5.34. The second-order valence-electron chi connectivity index (χ2n) is 5.34. The van der Waals surface area contributed by atoms with E-state index in [-0.39, 0.29) is 5.91 Å². The number of nitrogen functional groups attached to an aromatic ring is 1. The molecule has 0 aliphatic heterocycles. The van der Waals surface area contributed by atoms with Crippen LogP contribution < -0.4 is 16.4 Å². The van der Waals surface area contributed by atoms with Crippen LogP contribution in [0.4, 0.5) is 11.4 Å². The van der Waals surface area contributed by atoms with E-state index in [0.717, 1.165) is 0 Å². The van der Waals surface area contributed by atoms with Crippen LogP contribution in [0.15, 0.2) is 18.2 Å². The second kappa shape index (κ2) is 6.97. The number of hydrogen-bond acceptors (Lipinski definition) is 5. The van der Waals surface area contributed by atoms with Gasteiger partial charge in [0, 0.05) is 25.0 Å². The van der Waals surface area contributed by atoms with Crippen LogP contribution in [0.2, 0.25) is 0 Å². The molecule has 0 bridgehead atoms. The molecule has 6 heteroatoms. The van der Waals surface area contributed by atoms with E-state index in [1.54, 1.807) is 32.2 Å². The quantitative estimate of drug-likeness (QED) is 0.547. The smallest absolute Gasteiger partial charge is 0.340 e. The molecular weight excluding hydrogens is 270 g/mol. The Balaban J connectivity index is 2.84. The third kappa shape index (κ3) is 4.37. The van der Waals surface area contributed by atoms with Gasteiger partial charge in [-0.1, -0.05) is 0 Å². The molecule has 0 spiro atoms. The van der Waals surface area contributed by atoms with Crippen molar-refractivity contribution in [1.29, 1.82) is 0 Å². The summed E-state index contributed by atoms with van der Waals surface area (Å²) in [6, 6.07) is 5.03. The lowest BCUT2D eigenvalue weighted by atomic mass is 9.92. The van der Waals surface area contributed by atoms with Gasteiger partial charge in [0.05, 0.1) is 17.6 Å². The minimum atomic E-state index is -0.569. The third-order valence-electron chi connectivity index (χ3n) is 3.12. The summed E-state index contributed by atoms with van der Waals surface area (Å²) in [5.74, 6) is -0.514. The third-order valence-corrected chi connectivity index (χ3v) is 3.12. The van der Waals surface area contributed by atoms with Gasteiger partial charge < -0.3 is 21.1 Å². The first-order valence-electron chi connectivity index (χ1n) is 6.84. The van der Waals surface area contributed by atoms with Gasteiger partial charge >= 0.3 is 5.97 Å². The molecule has 1 rings (SSSR count). The van der Waals surface area contributed by atoms with E-state index in [4.69, 9.17) is 10.5 Å². The van der Waals surface area contributed by atoms with Crippen LogP contribution in [0, 0.1) is 5.41 Å². The van der Waals surface area contributed by atoms with E-state index in [1.807, 2.05) is 13.8 Å². The van der Waals surface area contributed by atoms with E-state index in [2.05, 4.69) is 10.6 Å². The zero-order chi connectivity index (χ0) is 16.0. The Labute approximate surface area is 125 Å². The van der Waals surface area contributed by atoms with Crippen LogP contribution in [-0.4, -0.2) is 32.1 Å². The predicted octanol–water partition coefficient (Wildman–Crippen LogP) is 1.63. The normalized spacial score (nSPS) is 10.9. The van der Waals surface area contributed by atoms with E-state index in [1.165, 1.54) is 0 Å². The number of ether oxygens (including phenoxy) is 1. The van der Waals surface area contributed by atoms with Crippen molar-refractivity contribution >= 4 is 23.3 Å². The molecule has 0 fully saturated rings. The van der Waals surface area contributed by atoms with Crippen molar-refractivity contribution < 1.29 is 14.3 Å². The van der Waals surface area contributed by atoms with Crippen molar-refractivity contribution in [3.05, 3.63) is 23.8 Å². The Hall–Kier alpha value is -2.24. The minimum Gasteiger partial charge on any atom is -0.462 e. The lowest BCUT2D eigenvalue weighted by molar-refractivity contribution is -0.128. The van der Waals surface area contributed by atoms with E-state index < -0.39 is 11.4 Å². The molecule has 1 amide bonds. The van der Waals surface area contributed by atoms with Crippen LogP contribution in [0.25, 0.3) is 0 Å². The van der Waals surface area contributed by atoms with Crippen LogP contribution in [0.1, 0.15) is 31.1 Å². The zero-order valence-corrected chi connectivity index (χ0v) is 12.9. The number of esters is 1. The topological polar surface area (TPSA) is 93.4 Å². The summed E-state index contributed by atoms with van der Waals surface area (Å²) >= 11 is 0. The Bertz CT molecular complexity index is 527. The van der Waals surface area contributed by atoms with Crippen LogP contribution in [0.5, 0.6) is 0 Å².